The van der Waals surface area contributed by atoms with Crippen molar-refractivity contribution in [3.8, 4) is 0 Å². The molecule has 27 heavy (non-hydrogen) atoms. The number of anilines is 1. The fourth-order valence-electron chi connectivity index (χ4n) is 3.13. The molecular formula is C23H17NO3. The molecule has 2 N–H and O–H groups in total. The molecule has 2 aromatic rings. The van der Waals surface area contributed by atoms with Crippen LogP contribution in [0.15, 0.2) is 83.9 Å². The zero-order chi connectivity index (χ0) is 19.0. The molecule has 132 valence electrons. The van der Waals surface area contributed by atoms with E-state index in [1.807, 2.05) is 43.3 Å². The average Bonchev–Trinajstić information content (AvgIpc) is 2.91. The Labute approximate surface area is 157 Å². The van der Waals surface area contributed by atoms with Crippen LogP contribution >= 0.6 is 0 Å². The summed E-state index contributed by atoms with van der Waals surface area (Å²) in [6, 6.07) is 12.7. The van der Waals surface area contributed by atoms with Crippen LogP contribution in [0.4, 0.5) is 5.69 Å². The number of hydrogen-bond acceptors (Lipinski definition) is 4. The lowest BCUT2D eigenvalue weighted by Crippen LogP contribution is -2.05. The van der Waals surface area contributed by atoms with Crippen molar-refractivity contribution in [2.45, 2.75) is 6.92 Å². The summed E-state index contributed by atoms with van der Waals surface area (Å²) in [5.41, 5.74) is 9.97. The summed E-state index contributed by atoms with van der Waals surface area (Å²) >= 11 is 0. The molecule has 1 heterocycles. The van der Waals surface area contributed by atoms with Crippen LogP contribution in [-0.2, 0) is 4.74 Å². The number of ketones is 2. The van der Waals surface area contributed by atoms with E-state index in [9.17, 15) is 9.59 Å². The van der Waals surface area contributed by atoms with Gasteiger partial charge < -0.3 is 10.5 Å². The first-order valence-corrected chi connectivity index (χ1v) is 8.56. The van der Waals surface area contributed by atoms with Gasteiger partial charge in [0.05, 0.1) is 11.8 Å². The molecule has 0 saturated heterocycles. The van der Waals surface area contributed by atoms with E-state index in [2.05, 4.69) is 0 Å². The Morgan fingerprint density at radius 2 is 1.67 bits per heavy atom. The summed E-state index contributed by atoms with van der Waals surface area (Å²) < 4.78 is 5.49. The van der Waals surface area contributed by atoms with Gasteiger partial charge in [0, 0.05) is 16.8 Å². The average molecular weight is 355 g/mol. The Hall–Kier alpha value is -3.66. The molecule has 0 atom stereocenters. The van der Waals surface area contributed by atoms with Gasteiger partial charge in [-0.3, -0.25) is 9.59 Å². The van der Waals surface area contributed by atoms with Crippen LogP contribution in [0.3, 0.4) is 0 Å². The van der Waals surface area contributed by atoms with E-state index < -0.39 is 0 Å². The molecule has 0 unspecified atom stereocenters. The second kappa shape index (κ2) is 6.57. The summed E-state index contributed by atoms with van der Waals surface area (Å²) in [4.78, 5) is 25.5. The smallest absolute Gasteiger partial charge is 0.198 e. The third kappa shape index (κ3) is 3.13. The van der Waals surface area contributed by atoms with Crippen molar-refractivity contribution in [1.29, 1.82) is 0 Å². The molecule has 1 aliphatic heterocycles. The van der Waals surface area contributed by atoms with Crippen LogP contribution in [0, 0.1) is 6.92 Å². The summed E-state index contributed by atoms with van der Waals surface area (Å²) in [6.07, 6.45) is 8.50. The fraction of sp³-hybridized carbons (Fsp3) is 0.0435. The molecule has 4 rings (SSSR count). The highest BCUT2D eigenvalue weighted by Crippen LogP contribution is 2.31. The van der Waals surface area contributed by atoms with Crippen molar-refractivity contribution < 1.29 is 14.3 Å². The first kappa shape index (κ1) is 16.8. The highest BCUT2D eigenvalue weighted by atomic mass is 16.5. The standard InChI is InChI=1S/C23H17NO3/c1-14-2-9-19-20(12-14)23(26)21(22(19)25)16-10-11-27-18(13-16)8-5-15-3-6-17(24)7-4-15/h2-13H,24H2,1H3/b8-5+,21-16+. The Bertz CT molecular complexity index is 1080. The Morgan fingerprint density at radius 3 is 2.44 bits per heavy atom. The van der Waals surface area contributed by atoms with Gasteiger partial charge in [-0.25, -0.2) is 0 Å². The second-order valence-corrected chi connectivity index (χ2v) is 6.50. The number of nitrogens with two attached hydrogens (primary N) is 1. The normalized spacial score (nSPS) is 18.6. The lowest BCUT2D eigenvalue weighted by Gasteiger charge is -2.09. The number of carbonyl (C=O) groups excluding carboxylic acids is 2. The first-order valence-electron chi connectivity index (χ1n) is 8.56. The number of allylic oxidation sites excluding steroid dienone is 5. The quantitative estimate of drug-likeness (QED) is 0.493. The number of benzene rings is 2. The largest absolute Gasteiger partial charge is 0.465 e. The molecule has 2 aromatic carbocycles. The zero-order valence-corrected chi connectivity index (χ0v) is 14.7. The molecule has 0 saturated carbocycles. The van der Waals surface area contributed by atoms with E-state index in [-0.39, 0.29) is 17.1 Å². The molecule has 0 bridgehead atoms. The summed E-state index contributed by atoms with van der Waals surface area (Å²) in [6.45, 7) is 1.90. The zero-order valence-electron chi connectivity index (χ0n) is 14.7. The van der Waals surface area contributed by atoms with Gasteiger partial charge in [-0.2, -0.15) is 0 Å². The number of fused-ring (bicyclic) bond motifs is 1. The number of Topliss-reactive ketones (excluding diaryl/α,β-unsaturated/α-hetero) is 2. The molecule has 0 amide bonds. The molecule has 4 heteroatoms. The number of ether oxygens (including phenoxy) is 1. The van der Waals surface area contributed by atoms with Crippen molar-refractivity contribution in [1.82, 2.24) is 0 Å². The van der Waals surface area contributed by atoms with Crippen LogP contribution in [0.25, 0.3) is 6.08 Å². The minimum absolute atomic E-state index is 0.188. The van der Waals surface area contributed by atoms with Gasteiger partial charge in [0.2, 0.25) is 0 Å². The second-order valence-electron chi connectivity index (χ2n) is 6.50. The van der Waals surface area contributed by atoms with Crippen LogP contribution in [0.2, 0.25) is 0 Å². The van der Waals surface area contributed by atoms with Crippen LogP contribution in [-0.4, -0.2) is 11.6 Å². The van der Waals surface area contributed by atoms with Crippen LogP contribution < -0.4 is 5.73 Å². The van der Waals surface area contributed by atoms with E-state index in [0.29, 0.717) is 28.1 Å². The maximum absolute atomic E-state index is 12.8. The number of nitrogen functional groups attached to an aromatic ring is 1. The molecule has 0 aromatic heterocycles. The Morgan fingerprint density at radius 1 is 0.926 bits per heavy atom. The van der Waals surface area contributed by atoms with Crippen LogP contribution in [0.1, 0.15) is 31.8 Å². The predicted molar refractivity (Wildman–Crippen MR) is 105 cm³/mol. The van der Waals surface area contributed by atoms with Gasteiger partial charge >= 0.3 is 0 Å². The number of aryl methyl sites for hydroxylation is 1. The maximum Gasteiger partial charge on any atom is 0.198 e. The number of rotatable bonds is 2. The Balaban J connectivity index is 1.68. The minimum atomic E-state index is -0.241. The van der Waals surface area contributed by atoms with Gasteiger partial charge in [-0.1, -0.05) is 35.9 Å². The predicted octanol–water partition coefficient (Wildman–Crippen LogP) is 4.39. The molecule has 1 aliphatic carbocycles. The SMILES string of the molecule is Cc1ccc2c(c1)C(=O)/C(=C1\C=COC(/C=C/c3ccc(N)cc3)=C1)C2=O. The third-order valence-corrected chi connectivity index (χ3v) is 4.53. The van der Waals surface area contributed by atoms with Gasteiger partial charge in [-0.05, 0) is 54.5 Å². The van der Waals surface area contributed by atoms with E-state index in [4.69, 9.17) is 10.5 Å². The lowest BCUT2D eigenvalue weighted by molar-refractivity contribution is 0.0988. The van der Waals surface area contributed by atoms with Crippen molar-refractivity contribution >= 4 is 23.3 Å². The fourth-order valence-corrected chi connectivity index (χ4v) is 3.13. The van der Waals surface area contributed by atoms with Gasteiger partial charge in [0.1, 0.15) is 5.76 Å². The van der Waals surface area contributed by atoms with Gasteiger partial charge in [-0.15, -0.1) is 0 Å². The molecule has 2 aliphatic rings. The number of hydrogen-bond donors (Lipinski definition) is 1. The molecular weight excluding hydrogens is 338 g/mol. The van der Waals surface area contributed by atoms with Crippen molar-refractivity contribution in [3.63, 3.8) is 0 Å². The topological polar surface area (TPSA) is 69.4 Å². The van der Waals surface area contributed by atoms with E-state index in [1.54, 1.807) is 30.4 Å². The molecule has 0 fully saturated rings. The maximum atomic E-state index is 12.8. The van der Waals surface area contributed by atoms with Crippen molar-refractivity contribution in [3.05, 3.63) is 106 Å². The van der Waals surface area contributed by atoms with Gasteiger partial charge in [0.25, 0.3) is 0 Å². The van der Waals surface area contributed by atoms with Crippen molar-refractivity contribution in [2.24, 2.45) is 0 Å². The summed E-state index contributed by atoms with van der Waals surface area (Å²) in [5.74, 6) is 0.0672. The summed E-state index contributed by atoms with van der Waals surface area (Å²) in [5, 5.41) is 0. The molecule has 0 radical (unpaired) electrons. The van der Waals surface area contributed by atoms with E-state index in [0.717, 1.165) is 11.1 Å². The first-order chi connectivity index (χ1) is 13.0. The minimum Gasteiger partial charge on any atom is -0.465 e. The van der Waals surface area contributed by atoms with E-state index >= 15 is 0 Å². The van der Waals surface area contributed by atoms with E-state index in [1.165, 1.54) is 6.26 Å². The number of carbonyl (C=O) groups is 2. The monoisotopic (exact) mass is 355 g/mol. The van der Waals surface area contributed by atoms with Gasteiger partial charge in [0.15, 0.2) is 11.6 Å². The van der Waals surface area contributed by atoms with Crippen molar-refractivity contribution in [2.75, 3.05) is 5.73 Å². The third-order valence-electron chi connectivity index (χ3n) is 4.53. The Kier molecular flexibility index (Phi) is 4.09. The molecule has 0 spiro atoms. The lowest BCUT2D eigenvalue weighted by atomic mass is 10.0. The highest BCUT2D eigenvalue weighted by molar-refractivity contribution is 6.40. The van der Waals surface area contributed by atoms with Crippen LogP contribution in [0.5, 0.6) is 0 Å². The molecule has 4 nitrogen and oxygen atoms in total. The summed E-state index contributed by atoms with van der Waals surface area (Å²) in [7, 11) is 0. The highest BCUT2D eigenvalue weighted by Gasteiger charge is 2.35.